The van der Waals surface area contributed by atoms with Gasteiger partial charge in [0.1, 0.15) is 17.3 Å². The van der Waals surface area contributed by atoms with Crippen molar-refractivity contribution in [3.63, 3.8) is 0 Å². The molecule has 0 saturated carbocycles. The monoisotopic (exact) mass is 480 g/mol. The molecule has 5 rings (SSSR count). The molecule has 3 aromatic heterocycles. The normalized spacial score (nSPS) is 15.6. The Hall–Kier alpha value is -3.56. The van der Waals surface area contributed by atoms with Gasteiger partial charge in [0.25, 0.3) is 5.91 Å². The molecule has 10 heteroatoms. The molecule has 1 aromatic carbocycles. The molecule has 8 nitrogen and oxygen atoms in total. The van der Waals surface area contributed by atoms with E-state index in [1.54, 1.807) is 33.9 Å². The Morgan fingerprint density at radius 2 is 2.03 bits per heavy atom. The number of hydrogen-bond acceptors (Lipinski definition) is 5. The van der Waals surface area contributed by atoms with Crippen molar-refractivity contribution >= 4 is 23.3 Å². The summed E-state index contributed by atoms with van der Waals surface area (Å²) < 4.78 is 21.9. The minimum atomic E-state index is -0.367. The summed E-state index contributed by atoms with van der Waals surface area (Å²) in [7, 11) is 0. The predicted octanol–water partition coefficient (Wildman–Crippen LogP) is 4.52. The first kappa shape index (κ1) is 22.2. The zero-order valence-electron chi connectivity index (χ0n) is 18.4. The van der Waals surface area contributed by atoms with Gasteiger partial charge in [-0.15, -0.1) is 0 Å². The minimum Gasteiger partial charge on any atom is -0.381 e. The Morgan fingerprint density at radius 1 is 1.21 bits per heavy atom. The van der Waals surface area contributed by atoms with E-state index in [4.69, 9.17) is 16.3 Å². The van der Waals surface area contributed by atoms with Crippen LogP contribution in [-0.4, -0.2) is 43.7 Å². The summed E-state index contributed by atoms with van der Waals surface area (Å²) in [6, 6.07) is 8.01. The first-order chi connectivity index (χ1) is 16.5. The molecule has 1 aliphatic rings. The van der Waals surface area contributed by atoms with E-state index >= 15 is 0 Å². The van der Waals surface area contributed by atoms with E-state index < -0.39 is 0 Å². The van der Waals surface area contributed by atoms with Gasteiger partial charge in [0.05, 0.1) is 29.7 Å². The largest absolute Gasteiger partial charge is 0.381 e. The van der Waals surface area contributed by atoms with Crippen molar-refractivity contribution in [1.29, 1.82) is 0 Å². The van der Waals surface area contributed by atoms with E-state index in [0.717, 1.165) is 35.4 Å². The van der Waals surface area contributed by atoms with E-state index in [9.17, 15) is 9.18 Å². The van der Waals surface area contributed by atoms with Crippen molar-refractivity contribution < 1.29 is 13.9 Å². The molecule has 0 spiro atoms. The highest BCUT2D eigenvalue weighted by molar-refractivity contribution is 6.34. The van der Waals surface area contributed by atoms with Gasteiger partial charge in [-0.25, -0.2) is 14.1 Å². The number of nitrogens with zero attached hydrogens (tertiary/aromatic N) is 5. The summed E-state index contributed by atoms with van der Waals surface area (Å²) in [6.45, 7) is 3.81. The number of pyridine rings is 1. The number of rotatable bonds is 6. The Kier molecular flexibility index (Phi) is 6.12. The molecule has 1 unspecified atom stereocenters. The maximum absolute atomic E-state index is 13.2. The molecule has 1 N–H and O–H groups in total. The summed E-state index contributed by atoms with van der Waals surface area (Å²) in [5, 5.41) is 11.8. The number of carbonyl (C=O) groups excluding carboxylic acids is 1. The topological polar surface area (TPSA) is 86.9 Å². The summed E-state index contributed by atoms with van der Waals surface area (Å²) in [5.74, 6) is 0.0737. The number of anilines is 1. The lowest BCUT2D eigenvalue weighted by molar-refractivity contribution is 0.101. The highest BCUT2D eigenvalue weighted by atomic mass is 35.5. The molecular formula is C24H22ClFN6O2. The number of amides is 1. The average molecular weight is 481 g/mol. The highest BCUT2D eigenvalue weighted by Gasteiger charge is 2.23. The van der Waals surface area contributed by atoms with Crippen molar-refractivity contribution in [1.82, 2.24) is 24.5 Å². The smallest absolute Gasteiger partial charge is 0.276 e. The van der Waals surface area contributed by atoms with E-state index in [1.807, 2.05) is 19.2 Å². The first-order valence-corrected chi connectivity index (χ1v) is 11.2. The number of hydrogen-bond donors (Lipinski definition) is 1. The van der Waals surface area contributed by atoms with Crippen LogP contribution in [0.15, 0.2) is 55.1 Å². The van der Waals surface area contributed by atoms with E-state index in [2.05, 4.69) is 20.5 Å². The van der Waals surface area contributed by atoms with Crippen LogP contribution in [0.1, 0.15) is 22.5 Å². The number of nitrogens with one attached hydrogen (secondary N) is 1. The third kappa shape index (κ3) is 4.57. The van der Waals surface area contributed by atoms with Crippen molar-refractivity contribution in [3.05, 3.63) is 77.2 Å². The molecule has 4 heterocycles. The average Bonchev–Trinajstić information content (AvgIpc) is 3.58. The summed E-state index contributed by atoms with van der Waals surface area (Å²) >= 11 is 6.27. The lowest BCUT2D eigenvalue weighted by atomic mass is 10.1. The fraction of sp³-hybridized carbons (Fsp3) is 0.250. The first-order valence-electron chi connectivity index (χ1n) is 10.9. The fourth-order valence-electron chi connectivity index (χ4n) is 3.94. The van der Waals surface area contributed by atoms with E-state index in [0.29, 0.717) is 35.6 Å². The van der Waals surface area contributed by atoms with Crippen LogP contribution in [0.25, 0.3) is 16.8 Å². The second kappa shape index (κ2) is 9.36. The van der Waals surface area contributed by atoms with Crippen molar-refractivity contribution in [2.45, 2.75) is 19.9 Å². The molecule has 1 fully saturated rings. The zero-order valence-corrected chi connectivity index (χ0v) is 19.2. The van der Waals surface area contributed by atoms with Gasteiger partial charge in [-0.1, -0.05) is 11.6 Å². The molecule has 4 aromatic rings. The highest BCUT2D eigenvalue weighted by Crippen LogP contribution is 2.25. The van der Waals surface area contributed by atoms with Crippen LogP contribution >= 0.6 is 11.6 Å². The van der Waals surface area contributed by atoms with E-state index in [-0.39, 0.29) is 11.7 Å². The number of halogens is 2. The molecule has 174 valence electrons. The number of aryl methyl sites for hydroxylation is 1. The molecule has 0 bridgehead atoms. The standard InChI is InChI=1S/C24H22ClFN6O2/c1-15-8-17(18-10-28-31(13-18)20-4-2-19(26)3-5-20)9-27-23(15)30-24(33)22-21(25)11-29-32(22)12-16-6-7-34-14-16/h2-5,8-11,13,16H,6-7,12,14H2,1H3,(H,27,30,33). The van der Waals surface area contributed by atoms with Gasteiger partial charge in [0, 0.05) is 42.6 Å². The molecule has 34 heavy (non-hydrogen) atoms. The minimum absolute atomic E-state index is 0.291. The van der Waals surface area contributed by atoms with Crippen molar-refractivity contribution in [3.8, 4) is 16.8 Å². The zero-order chi connectivity index (χ0) is 23.7. The molecule has 0 radical (unpaired) electrons. The van der Waals surface area contributed by atoms with Crippen molar-refractivity contribution in [2.24, 2.45) is 5.92 Å². The SMILES string of the molecule is Cc1cc(-c2cnn(-c3ccc(F)cc3)c2)cnc1NC(=O)c1c(Cl)cnn1CC1CCOC1. The van der Waals surface area contributed by atoms with Gasteiger partial charge in [-0.3, -0.25) is 9.48 Å². The van der Waals surface area contributed by atoms with Crippen LogP contribution in [0.4, 0.5) is 10.2 Å². The predicted molar refractivity (Wildman–Crippen MR) is 126 cm³/mol. The van der Waals surface area contributed by atoms with Crippen LogP contribution in [0.3, 0.4) is 0 Å². The maximum atomic E-state index is 13.2. The van der Waals surface area contributed by atoms with Crippen molar-refractivity contribution in [2.75, 3.05) is 18.5 Å². The Morgan fingerprint density at radius 3 is 2.76 bits per heavy atom. The Balaban J connectivity index is 1.33. The molecular weight excluding hydrogens is 459 g/mol. The fourth-order valence-corrected chi connectivity index (χ4v) is 4.16. The van der Waals surface area contributed by atoms with E-state index in [1.165, 1.54) is 18.3 Å². The lowest BCUT2D eigenvalue weighted by Crippen LogP contribution is -2.22. The number of benzene rings is 1. The molecule has 0 aliphatic carbocycles. The molecule has 1 amide bonds. The second-order valence-corrected chi connectivity index (χ2v) is 8.65. The summed E-state index contributed by atoms with van der Waals surface area (Å²) in [5.41, 5.74) is 3.52. The molecule has 1 saturated heterocycles. The maximum Gasteiger partial charge on any atom is 0.276 e. The molecule has 1 aliphatic heterocycles. The number of carbonyl (C=O) groups is 1. The van der Waals surface area contributed by atoms with Gasteiger partial charge in [-0.05, 0) is 49.2 Å². The number of aromatic nitrogens is 5. The summed E-state index contributed by atoms with van der Waals surface area (Å²) in [6.07, 6.45) is 7.63. The van der Waals surface area contributed by atoms with Crippen LogP contribution < -0.4 is 5.32 Å². The Labute approximate surface area is 200 Å². The van der Waals surface area contributed by atoms with Gasteiger partial charge < -0.3 is 10.1 Å². The van der Waals surface area contributed by atoms with Gasteiger partial charge in [0.2, 0.25) is 0 Å². The second-order valence-electron chi connectivity index (χ2n) is 8.25. The van der Waals surface area contributed by atoms with Gasteiger partial charge in [-0.2, -0.15) is 10.2 Å². The third-order valence-corrected chi connectivity index (χ3v) is 6.06. The van der Waals surface area contributed by atoms with Crippen LogP contribution in [-0.2, 0) is 11.3 Å². The lowest BCUT2D eigenvalue weighted by Gasteiger charge is -2.13. The van der Waals surface area contributed by atoms with Gasteiger partial charge in [0.15, 0.2) is 0 Å². The van der Waals surface area contributed by atoms with Crippen LogP contribution in [0.2, 0.25) is 5.02 Å². The quantitative estimate of drug-likeness (QED) is 0.438. The number of ether oxygens (including phenoxy) is 1. The van der Waals surface area contributed by atoms with Crippen LogP contribution in [0.5, 0.6) is 0 Å². The van der Waals surface area contributed by atoms with Crippen LogP contribution in [0, 0.1) is 18.7 Å². The summed E-state index contributed by atoms with van der Waals surface area (Å²) in [4.78, 5) is 17.5. The van der Waals surface area contributed by atoms with Gasteiger partial charge >= 0.3 is 0 Å². The Bertz CT molecular complexity index is 1330. The molecule has 1 atom stereocenters. The third-order valence-electron chi connectivity index (χ3n) is 5.78.